The molecule has 0 amide bonds. The number of Topliss-reactive ketones (excluding diaryl/α,β-unsaturated/α-hetero) is 1. The number of rotatable bonds is 7. The van der Waals surface area contributed by atoms with Crippen molar-refractivity contribution < 1.29 is 14.7 Å². The van der Waals surface area contributed by atoms with Gasteiger partial charge in [-0.15, -0.1) is 0 Å². The average Bonchev–Trinajstić information content (AvgIpc) is 2.73. The first-order chi connectivity index (χ1) is 15.8. The summed E-state index contributed by atoms with van der Waals surface area (Å²) >= 11 is 0. The van der Waals surface area contributed by atoms with E-state index in [-0.39, 0.29) is 44.4 Å². The second kappa shape index (κ2) is 8.60. The van der Waals surface area contributed by atoms with Gasteiger partial charge in [0.1, 0.15) is 5.78 Å². The maximum Gasteiger partial charge on any atom is 0.220 e. The van der Waals surface area contributed by atoms with Crippen LogP contribution in [-0.2, 0) is 9.59 Å². The van der Waals surface area contributed by atoms with Crippen molar-refractivity contribution in [2.75, 3.05) is 0 Å². The molecule has 3 aliphatic carbocycles. The number of hydrogen-bond donors (Lipinski definition) is 1. The summed E-state index contributed by atoms with van der Waals surface area (Å²) in [5, 5.41) is 10.3. The predicted molar refractivity (Wildman–Crippen MR) is 145 cm³/mol. The Balaban J connectivity index is 2.16. The summed E-state index contributed by atoms with van der Waals surface area (Å²) in [6.07, 6.45) is 10.8. The van der Waals surface area contributed by atoms with Crippen LogP contribution in [0.5, 0.6) is 0 Å². The minimum absolute atomic E-state index is 0.0174. The van der Waals surface area contributed by atoms with Crippen molar-refractivity contribution in [3.63, 3.8) is 0 Å². The lowest BCUT2D eigenvalue weighted by Gasteiger charge is -2.64. The van der Waals surface area contributed by atoms with E-state index in [1.54, 1.807) is 13.0 Å². The van der Waals surface area contributed by atoms with Gasteiger partial charge in [-0.2, -0.15) is 0 Å². The molecular weight excluding hydrogens is 432 g/mol. The fourth-order valence-corrected chi connectivity index (χ4v) is 7.77. The maximum absolute atomic E-state index is 12.6. The van der Waals surface area contributed by atoms with Crippen LogP contribution in [0.3, 0.4) is 0 Å². The topological polar surface area (TPSA) is 54.4 Å². The molecule has 3 nitrogen and oxygen atoms in total. The van der Waals surface area contributed by atoms with Gasteiger partial charge in [-0.05, 0) is 77.9 Å². The highest BCUT2D eigenvalue weighted by atomic mass is 16.3. The van der Waals surface area contributed by atoms with Gasteiger partial charge in [-0.1, -0.05) is 86.5 Å². The number of allylic oxidation sites excluding steroid dienone is 7. The van der Waals surface area contributed by atoms with Crippen molar-refractivity contribution in [2.24, 2.45) is 33.0 Å². The Hall–Kier alpha value is -1.90. The van der Waals surface area contributed by atoms with E-state index in [1.165, 1.54) is 5.57 Å². The minimum atomic E-state index is -0.278. The minimum Gasteiger partial charge on any atom is -0.504 e. The zero-order chi connectivity index (χ0) is 26.8. The van der Waals surface area contributed by atoms with Crippen molar-refractivity contribution >= 4 is 11.6 Å². The van der Waals surface area contributed by atoms with E-state index < -0.39 is 0 Å². The molecule has 1 fully saturated rings. The molecule has 35 heavy (non-hydrogen) atoms. The molecule has 0 heterocycles. The van der Waals surface area contributed by atoms with Gasteiger partial charge in [0, 0.05) is 17.4 Å². The summed E-state index contributed by atoms with van der Waals surface area (Å²) in [4.78, 5) is 24.7. The molecule has 3 atom stereocenters. The molecule has 3 heteroatoms. The third-order valence-corrected chi connectivity index (χ3v) is 10.5. The van der Waals surface area contributed by atoms with E-state index in [0.717, 1.165) is 36.8 Å². The quantitative estimate of drug-likeness (QED) is 0.397. The summed E-state index contributed by atoms with van der Waals surface area (Å²) < 4.78 is 0. The Morgan fingerprint density at radius 2 is 1.69 bits per heavy atom. The molecule has 0 aromatic heterocycles. The van der Waals surface area contributed by atoms with Crippen molar-refractivity contribution in [3.8, 4) is 0 Å². The first-order valence-electron chi connectivity index (χ1n) is 13.4. The number of aliphatic hydroxyl groups excluding tert-OH is 1. The van der Waals surface area contributed by atoms with Crippen LogP contribution in [-0.4, -0.2) is 16.7 Å². The zero-order valence-corrected chi connectivity index (χ0v) is 24.1. The van der Waals surface area contributed by atoms with Crippen LogP contribution >= 0.6 is 0 Å². The monoisotopic (exact) mass is 480 g/mol. The highest BCUT2D eigenvalue weighted by molar-refractivity contribution is 6.06. The first kappa shape index (κ1) is 27.7. The van der Waals surface area contributed by atoms with Gasteiger partial charge in [0.15, 0.2) is 5.76 Å². The van der Waals surface area contributed by atoms with E-state index in [2.05, 4.69) is 74.5 Å². The van der Waals surface area contributed by atoms with Gasteiger partial charge in [0.2, 0.25) is 5.78 Å². The molecule has 3 aliphatic rings. The van der Waals surface area contributed by atoms with E-state index in [1.807, 2.05) is 6.92 Å². The van der Waals surface area contributed by atoms with Crippen molar-refractivity contribution in [2.45, 2.75) is 108 Å². The Morgan fingerprint density at radius 3 is 2.23 bits per heavy atom. The van der Waals surface area contributed by atoms with E-state index in [0.29, 0.717) is 17.9 Å². The lowest BCUT2D eigenvalue weighted by atomic mass is 9.40. The maximum atomic E-state index is 12.6. The third kappa shape index (κ3) is 4.31. The van der Waals surface area contributed by atoms with E-state index in [9.17, 15) is 14.7 Å². The van der Waals surface area contributed by atoms with Crippen LogP contribution in [0.2, 0.25) is 0 Å². The lowest BCUT2D eigenvalue weighted by molar-refractivity contribution is -0.121. The smallest absolute Gasteiger partial charge is 0.220 e. The number of fused-ring (bicyclic) bond motifs is 3. The Labute approximate surface area is 213 Å². The van der Waals surface area contributed by atoms with Gasteiger partial charge in [-0.3, -0.25) is 4.79 Å². The molecule has 1 saturated carbocycles. The van der Waals surface area contributed by atoms with Crippen LogP contribution in [0.1, 0.15) is 108 Å². The van der Waals surface area contributed by atoms with Crippen LogP contribution < -0.4 is 0 Å². The van der Waals surface area contributed by atoms with Gasteiger partial charge < -0.3 is 9.90 Å². The molecule has 0 spiro atoms. The van der Waals surface area contributed by atoms with Gasteiger partial charge in [-0.25, -0.2) is 0 Å². The number of carbonyl (C=O) groups excluding carboxylic acids is 2. The number of ketones is 2. The molecule has 0 saturated heterocycles. The SMILES string of the molecule is CCC(C)(C)[C@@H](CC(C)(C)CC(C)=O)[C@]1(C)CC[C@@]2(C)C3=CC(=O)C(O)=C(C)C3=CC=C2C1(C)C. The van der Waals surface area contributed by atoms with E-state index in [4.69, 9.17) is 0 Å². The van der Waals surface area contributed by atoms with Crippen LogP contribution in [0.15, 0.2) is 46.3 Å². The molecule has 0 aromatic carbocycles. The summed E-state index contributed by atoms with van der Waals surface area (Å²) in [5.41, 5.74) is 3.86. The normalized spacial score (nSPS) is 29.6. The summed E-state index contributed by atoms with van der Waals surface area (Å²) in [6.45, 7) is 24.8. The zero-order valence-electron chi connectivity index (χ0n) is 24.1. The number of hydrogen-bond acceptors (Lipinski definition) is 3. The highest BCUT2D eigenvalue weighted by Crippen LogP contribution is 2.69. The molecule has 1 N–H and O–H groups in total. The van der Waals surface area contributed by atoms with Crippen LogP contribution in [0, 0.1) is 33.0 Å². The number of aliphatic hydroxyl groups is 1. The second-order valence-electron chi connectivity index (χ2n) is 14.1. The number of carbonyl (C=O) groups is 2. The van der Waals surface area contributed by atoms with Gasteiger partial charge in [0.05, 0.1) is 0 Å². The summed E-state index contributed by atoms with van der Waals surface area (Å²) in [6, 6.07) is 0. The third-order valence-electron chi connectivity index (χ3n) is 10.5. The highest BCUT2D eigenvalue weighted by Gasteiger charge is 2.60. The largest absolute Gasteiger partial charge is 0.504 e. The van der Waals surface area contributed by atoms with Gasteiger partial charge >= 0.3 is 0 Å². The Kier molecular flexibility index (Phi) is 6.80. The molecule has 0 unspecified atom stereocenters. The molecule has 0 aliphatic heterocycles. The predicted octanol–water partition coefficient (Wildman–Crippen LogP) is 8.47. The molecular formula is C32H48O3. The molecule has 0 bridgehead atoms. The molecule has 0 aromatic rings. The fraction of sp³-hybridized carbons (Fsp3) is 0.688. The summed E-state index contributed by atoms with van der Waals surface area (Å²) in [7, 11) is 0. The molecule has 0 radical (unpaired) electrons. The van der Waals surface area contributed by atoms with Crippen LogP contribution in [0.4, 0.5) is 0 Å². The lowest BCUT2D eigenvalue weighted by Crippen LogP contribution is -2.55. The average molecular weight is 481 g/mol. The fourth-order valence-electron chi connectivity index (χ4n) is 7.77. The Bertz CT molecular complexity index is 1060. The molecule has 194 valence electrons. The summed E-state index contributed by atoms with van der Waals surface area (Å²) in [5.74, 6) is 0.279. The second-order valence-corrected chi connectivity index (χ2v) is 14.1. The van der Waals surface area contributed by atoms with Crippen LogP contribution in [0.25, 0.3) is 0 Å². The van der Waals surface area contributed by atoms with Crippen molar-refractivity contribution in [1.29, 1.82) is 0 Å². The van der Waals surface area contributed by atoms with Crippen molar-refractivity contribution in [3.05, 3.63) is 46.3 Å². The van der Waals surface area contributed by atoms with Gasteiger partial charge in [0.25, 0.3) is 0 Å². The first-order valence-corrected chi connectivity index (χ1v) is 13.4. The molecule has 3 rings (SSSR count). The Morgan fingerprint density at radius 1 is 1.09 bits per heavy atom. The van der Waals surface area contributed by atoms with E-state index >= 15 is 0 Å². The standard InChI is InChI=1S/C32H48O3/c1-12-29(6,7)26(19-28(4,5)18-20(2)33)32(11)16-15-31(10)23-17-24(34)27(35)21(3)22(23)13-14-25(31)30(32,8)9/h13-14,17,26,35H,12,15-16,18-19H2,1-11H3/t26-,31+,32+/m1/s1. The van der Waals surface area contributed by atoms with Crippen molar-refractivity contribution in [1.82, 2.24) is 0 Å².